The zero-order valence-corrected chi connectivity index (χ0v) is 9.86. The van der Waals surface area contributed by atoms with Crippen LogP contribution in [0.2, 0.25) is 0 Å². The predicted octanol–water partition coefficient (Wildman–Crippen LogP) is 2.60. The molecule has 1 aromatic rings. The summed E-state index contributed by atoms with van der Waals surface area (Å²) >= 11 is 6.42. The zero-order valence-electron chi connectivity index (χ0n) is 8.23. The fourth-order valence-corrected chi connectivity index (χ4v) is 1.54. The van der Waals surface area contributed by atoms with Gasteiger partial charge in [0, 0.05) is 4.90 Å². The van der Waals surface area contributed by atoms with E-state index >= 15 is 0 Å². The van der Waals surface area contributed by atoms with Crippen LogP contribution < -0.4 is 5.73 Å². The van der Waals surface area contributed by atoms with Crippen LogP contribution in [0.1, 0.15) is 5.56 Å². The number of hydrogen-bond donors (Lipinski definition) is 1. The summed E-state index contributed by atoms with van der Waals surface area (Å²) in [5.74, 6) is 0. The highest BCUT2D eigenvalue weighted by Crippen LogP contribution is 2.16. The highest BCUT2D eigenvalue weighted by atomic mass is 32.2. The molecular formula is C11H10N2S2. The van der Waals surface area contributed by atoms with Crippen molar-refractivity contribution < 1.29 is 0 Å². The fourth-order valence-electron chi connectivity index (χ4n) is 1.03. The first kappa shape index (κ1) is 11.8. The first-order valence-corrected chi connectivity index (χ1v) is 5.86. The average Bonchev–Trinajstić information content (AvgIpc) is 2.26. The largest absolute Gasteiger partial charge is 0.389 e. The third-order valence-electron chi connectivity index (χ3n) is 1.81. The first-order valence-electron chi connectivity index (χ1n) is 4.23. The number of nitrogens with two attached hydrogens (primary N) is 1. The van der Waals surface area contributed by atoms with Gasteiger partial charge in [0.1, 0.15) is 11.1 Å². The molecule has 0 amide bonds. The SMILES string of the molecule is CSc1ccc(/C=C(\C#N)C(N)=S)cc1. The van der Waals surface area contributed by atoms with Gasteiger partial charge in [0.15, 0.2) is 0 Å². The Morgan fingerprint density at radius 2 is 2.07 bits per heavy atom. The quantitative estimate of drug-likeness (QED) is 0.378. The van der Waals surface area contributed by atoms with Crippen molar-refractivity contribution in [3.63, 3.8) is 0 Å². The number of rotatable bonds is 3. The lowest BCUT2D eigenvalue weighted by atomic mass is 10.1. The summed E-state index contributed by atoms with van der Waals surface area (Å²) in [5, 5.41) is 8.77. The van der Waals surface area contributed by atoms with Crippen LogP contribution >= 0.6 is 24.0 Å². The van der Waals surface area contributed by atoms with Gasteiger partial charge < -0.3 is 5.73 Å². The Kier molecular flexibility index (Phi) is 4.35. The number of nitriles is 1. The normalized spacial score (nSPS) is 10.8. The number of benzene rings is 1. The molecule has 0 atom stereocenters. The minimum atomic E-state index is 0.131. The van der Waals surface area contributed by atoms with Gasteiger partial charge in [-0.2, -0.15) is 5.26 Å². The molecule has 1 aromatic carbocycles. The number of hydrogen-bond acceptors (Lipinski definition) is 3. The maximum atomic E-state index is 8.77. The molecule has 2 N–H and O–H groups in total. The molecular weight excluding hydrogens is 224 g/mol. The second-order valence-corrected chi connectivity index (χ2v) is 4.13. The molecule has 76 valence electrons. The summed E-state index contributed by atoms with van der Waals surface area (Å²) in [7, 11) is 0. The number of thiocarbonyl (C=S) groups is 1. The maximum Gasteiger partial charge on any atom is 0.114 e. The van der Waals surface area contributed by atoms with Crippen LogP contribution in [-0.2, 0) is 0 Å². The molecule has 0 fully saturated rings. The van der Waals surface area contributed by atoms with Crippen molar-refractivity contribution in [1.82, 2.24) is 0 Å². The molecule has 0 unspecified atom stereocenters. The van der Waals surface area contributed by atoms with Gasteiger partial charge in [-0.05, 0) is 30.0 Å². The molecule has 1 rings (SSSR count). The second-order valence-electron chi connectivity index (χ2n) is 2.81. The van der Waals surface area contributed by atoms with Gasteiger partial charge in [-0.1, -0.05) is 24.4 Å². The fraction of sp³-hybridized carbons (Fsp3) is 0.0909. The van der Waals surface area contributed by atoms with Crippen LogP contribution in [0.25, 0.3) is 6.08 Å². The third-order valence-corrected chi connectivity index (χ3v) is 2.78. The number of thioether (sulfide) groups is 1. The summed E-state index contributed by atoms with van der Waals surface area (Å²) in [6, 6.07) is 9.81. The summed E-state index contributed by atoms with van der Waals surface area (Å²) < 4.78 is 0. The lowest BCUT2D eigenvalue weighted by molar-refractivity contribution is 1.45. The van der Waals surface area contributed by atoms with E-state index in [2.05, 4.69) is 0 Å². The smallest absolute Gasteiger partial charge is 0.114 e. The van der Waals surface area contributed by atoms with Gasteiger partial charge in [0.05, 0.1) is 5.57 Å². The van der Waals surface area contributed by atoms with Crippen molar-refractivity contribution in [2.45, 2.75) is 4.90 Å². The van der Waals surface area contributed by atoms with E-state index in [0.717, 1.165) is 5.56 Å². The van der Waals surface area contributed by atoms with Crippen molar-refractivity contribution in [2.24, 2.45) is 5.73 Å². The second kappa shape index (κ2) is 5.54. The van der Waals surface area contributed by atoms with Crippen molar-refractivity contribution in [3.8, 4) is 6.07 Å². The minimum Gasteiger partial charge on any atom is -0.389 e. The van der Waals surface area contributed by atoms with Gasteiger partial charge in [-0.25, -0.2) is 0 Å². The van der Waals surface area contributed by atoms with E-state index < -0.39 is 0 Å². The van der Waals surface area contributed by atoms with E-state index in [9.17, 15) is 0 Å². The van der Waals surface area contributed by atoms with Crippen LogP contribution in [0.5, 0.6) is 0 Å². The Bertz CT molecular complexity index is 427. The lowest BCUT2D eigenvalue weighted by Gasteiger charge is -1.98. The van der Waals surface area contributed by atoms with Crippen LogP contribution in [0.3, 0.4) is 0 Å². The monoisotopic (exact) mass is 234 g/mol. The van der Waals surface area contributed by atoms with Crippen LogP contribution in [0, 0.1) is 11.3 Å². The molecule has 0 saturated carbocycles. The highest BCUT2D eigenvalue weighted by molar-refractivity contribution is 7.98. The van der Waals surface area contributed by atoms with Gasteiger partial charge in [-0.3, -0.25) is 0 Å². The topological polar surface area (TPSA) is 49.8 Å². The van der Waals surface area contributed by atoms with E-state index in [-0.39, 0.29) is 4.99 Å². The Morgan fingerprint density at radius 3 is 2.47 bits per heavy atom. The van der Waals surface area contributed by atoms with Crippen molar-refractivity contribution >= 4 is 35.0 Å². The predicted molar refractivity (Wildman–Crippen MR) is 68.6 cm³/mol. The molecule has 0 bridgehead atoms. The molecule has 0 aromatic heterocycles. The van der Waals surface area contributed by atoms with Crippen LogP contribution in [0.15, 0.2) is 34.7 Å². The molecule has 2 nitrogen and oxygen atoms in total. The number of nitrogens with zero attached hydrogens (tertiary/aromatic N) is 1. The standard InChI is InChI=1S/C11H10N2S2/c1-15-10-4-2-8(3-5-10)6-9(7-12)11(13)14/h2-6H,1H3,(H2,13,14)/b9-6+. The van der Waals surface area contributed by atoms with Crippen molar-refractivity contribution in [2.75, 3.05) is 6.26 Å². The zero-order chi connectivity index (χ0) is 11.3. The maximum absolute atomic E-state index is 8.77. The Balaban J connectivity index is 2.98. The first-order chi connectivity index (χ1) is 7.17. The van der Waals surface area contributed by atoms with Crippen molar-refractivity contribution in [3.05, 3.63) is 35.4 Å². The van der Waals surface area contributed by atoms with Gasteiger partial charge in [0.2, 0.25) is 0 Å². The Morgan fingerprint density at radius 1 is 1.47 bits per heavy atom. The van der Waals surface area contributed by atoms with E-state index in [1.807, 2.05) is 36.6 Å². The molecule has 0 radical (unpaired) electrons. The summed E-state index contributed by atoms with van der Waals surface area (Å²) in [6.07, 6.45) is 3.70. The highest BCUT2D eigenvalue weighted by Gasteiger charge is 1.99. The molecule has 0 aliphatic rings. The summed E-state index contributed by atoms with van der Waals surface area (Å²) in [5.41, 5.74) is 6.65. The molecule has 0 heterocycles. The average molecular weight is 234 g/mol. The molecule has 0 spiro atoms. The van der Waals surface area contributed by atoms with Crippen molar-refractivity contribution in [1.29, 1.82) is 5.26 Å². The van der Waals surface area contributed by atoms with Gasteiger partial charge >= 0.3 is 0 Å². The molecule has 0 aliphatic carbocycles. The third kappa shape index (κ3) is 3.39. The minimum absolute atomic E-state index is 0.131. The van der Waals surface area contributed by atoms with Gasteiger partial charge in [0.25, 0.3) is 0 Å². The van der Waals surface area contributed by atoms with E-state index in [0.29, 0.717) is 5.57 Å². The summed E-state index contributed by atoms with van der Waals surface area (Å²) in [4.78, 5) is 1.31. The van der Waals surface area contributed by atoms with Crippen LogP contribution in [0.4, 0.5) is 0 Å². The Hall–Kier alpha value is -1.31. The summed E-state index contributed by atoms with van der Waals surface area (Å²) in [6.45, 7) is 0. The van der Waals surface area contributed by atoms with E-state index in [1.54, 1.807) is 17.8 Å². The van der Waals surface area contributed by atoms with E-state index in [4.69, 9.17) is 23.2 Å². The molecule has 4 heteroatoms. The Labute approximate surface area is 98.8 Å². The van der Waals surface area contributed by atoms with E-state index in [1.165, 1.54) is 4.90 Å². The molecule has 15 heavy (non-hydrogen) atoms. The van der Waals surface area contributed by atoms with Crippen LogP contribution in [-0.4, -0.2) is 11.2 Å². The molecule has 0 aliphatic heterocycles. The van der Waals surface area contributed by atoms with Gasteiger partial charge in [-0.15, -0.1) is 11.8 Å². The lowest BCUT2D eigenvalue weighted by Crippen LogP contribution is -2.09. The molecule has 0 saturated heterocycles.